The molecule has 0 aliphatic heterocycles. The molecule has 0 aliphatic carbocycles. The molecule has 2 N–H and O–H groups in total. The fraction of sp³-hybridized carbons (Fsp3) is 0.462. The fourth-order valence-electron chi connectivity index (χ4n) is 2.08. The second-order valence-electron chi connectivity index (χ2n) is 4.58. The smallest absolute Gasteiger partial charge is 0.127 e. The van der Waals surface area contributed by atoms with Gasteiger partial charge in [0.15, 0.2) is 0 Å². The number of halogens is 1. The third-order valence-electron chi connectivity index (χ3n) is 2.97. The van der Waals surface area contributed by atoms with Gasteiger partial charge in [0.1, 0.15) is 5.82 Å². The van der Waals surface area contributed by atoms with Crippen LogP contribution in [0.15, 0.2) is 18.2 Å². The Morgan fingerprint density at radius 1 is 1.41 bits per heavy atom. The highest BCUT2D eigenvalue weighted by atomic mass is 35.5. The third kappa shape index (κ3) is 2.17. The molecule has 4 heteroatoms. The van der Waals surface area contributed by atoms with Gasteiger partial charge in [-0.15, -0.1) is 0 Å². The minimum atomic E-state index is -0.0245. The SMILES string of the molecule is CCC(N)c1nc2cc(Cl)ccc2n1C(C)C. The molecule has 0 spiro atoms. The van der Waals surface area contributed by atoms with Crippen molar-refractivity contribution in [3.8, 4) is 0 Å². The van der Waals surface area contributed by atoms with E-state index in [4.69, 9.17) is 17.3 Å². The van der Waals surface area contributed by atoms with Crippen LogP contribution in [-0.4, -0.2) is 9.55 Å². The summed E-state index contributed by atoms with van der Waals surface area (Å²) in [7, 11) is 0. The standard InChI is InChI=1S/C13H18ClN3/c1-4-10(15)13-16-11-7-9(14)5-6-12(11)17(13)8(2)3/h5-8,10H,4,15H2,1-3H3. The number of rotatable bonds is 3. The predicted molar refractivity (Wildman–Crippen MR) is 72.3 cm³/mol. The maximum atomic E-state index is 6.12. The highest BCUT2D eigenvalue weighted by Gasteiger charge is 2.17. The van der Waals surface area contributed by atoms with Crippen molar-refractivity contribution in [3.63, 3.8) is 0 Å². The number of aromatic nitrogens is 2. The average molecular weight is 252 g/mol. The Bertz CT molecular complexity index is 531. The topological polar surface area (TPSA) is 43.8 Å². The second-order valence-corrected chi connectivity index (χ2v) is 5.02. The summed E-state index contributed by atoms with van der Waals surface area (Å²) in [5, 5.41) is 0.711. The van der Waals surface area contributed by atoms with Crippen LogP contribution >= 0.6 is 11.6 Å². The molecule has 1 heterocycles. The Hall–Kier alpha value is -1.06. The van der Waals surface area contributed by atoms with Gasteiger partial charge in [0.2, 0.25) is 0 Å². The second kappa shape index (κ2) is 4.67. The highest BCUT2D eigenvalue weighted by Crippen LogP contribution is 2.27. The Morgan fingerprint density at radius 3 is 2.71 bits per heavy atom. The van der Waals surface area contributed by atoms with Crippen LogP contribution in [0.5, 0.6) is 0 Å². The Balaban J connectivity index is 2.70. The quantitative estimate of drug-likeness (QED) is 0.904. The highest BCUT2D eigenvalue weighted by molar-refractivity contribution is 6.31. The van der Waals surface area contributed by atoms with Gasteiger partial charge in [-0.05, 0) is 38.5 Å². The molecule has 0 saturated heterocycles. The third-order valence-corrected chi connectivity index (χ3v) is 3.20. The minimum Gasteiger partial charge on any atom is -0.324 e. The lowest BCUT2D eigenvalue weighted by Gasteiger charge is -2.16. The van der Waals surface area contributed by atoms with Crippen LogP contribution in [0.1, 0.15) is 45.1 Å². The van der Waals surface area contributed by atoms with E-state index in [-0.39, 0.29) is 6.04 Å². The molecule has 17 heavy (non-hydrogen) atoms. The molecule has 3 nitrogen and oxygen atoms in total. The summed E-state index contributed by atoms with van der Waals surface area (Å²) in [6.45, 7) is 6.35. The molecular weight excluding hydrogens is 234 g/mol. The number of hydrogen-bond donors (Lipinski definition) is 1. The van der Waals surface area contributed by atoms with Crippen LogP contribution in [0.4, 0.5) is 0 Å². The van der Waals surface area contributed by atoms with Gasteiger partial charge in [0.25, 0.3) is 0 Å². The van der Waals surface area contributed by atoms with Gasteiger partial charge < -0.3 is 10.3 Å². The van der Waals surface area contributed by atoms with Gasteiger partial charge >= 0.3 is 0 Å². The number of nitrogens with zero attached hydrogens (tertiary/aromatic N) is 2. The van der Waals surface area contributed by atoms with Crippen molar-refractivity contribution in [2.24, 2.45) is 5.73 Å². The first-order valence-electron chi connectivity index (χ1n) is 5.97. The number of hydrogen-bond acceptors (Lipinski definition) is 2. The Kier molecular flexibility index (Phi) is 3.40. The maximum Gasteiger partial charge on any atom is 0.127 e. The molecule has 0 aliphatic rings. The van der Waals surface area contributed by atoms with Crippen molar-refractivity contribution in [3.05, 3.63) is 29.0 Å². The Morgan fingerprint density at radius 2 is 2.12 bits per heavy atom. The van der Waals surface area contributed by atoms with Crippen molar-refractivity contribution in [1.82, 2.24) is 9.55 Å². The molecule has 0 amide bonds. The van der Waals surface area contributed by atoms with E-state index in [2.05, 4.69) is 30.3 Å². The molecule has 92 valence electrons. The monoisotopic (exact) mass is 251 g/mol. The zero-order chi connectivity index (χ0) is 12.6. The molecular formula is C13H18ClN3. The summed E-state index contributed by atoms with van der Waals surface area (Å²) < 4.78 is 2.19. The van der Waals surface area contributed by atoms with Crippen molar-refractivity contribution in [2.45, 2.75) is 39.3 Å². The van der Waals surface area contributed by atoms with E-state index in [0.29, 0.717) is 11.1 Å². The maximum absolute atomic E-state index is 6.12. The lowest BCUT2D eigenvalue weighted by Crippen LogP contribution is -2.17. The van der Waals surface area contributed by atoms with Crippen molar-refractivity contribution >= 4 is 22.6 Å². The van der Waals surface area contributed by atoms with Crippen LogP contribution in [0, 0.1) is 0 Å². The van der Waals surface area contributed by atoms with Gasteiger partial charge in [-0.25, -0.2) is 4.98 Å². The van der Waals surface area contributed by atoms with Gasteiger partial charge in [-0.2, -0.15) is 0 Å². The molecule has 1 atom stereocenters. The zero-order valence-corrected chi connectivity index (χ0v) is 11.2. The van der Waals surface area contributed by atoms with E-state index < -0.39 is 0 Å². The summed E-state index contributed by atoms with van der Waals surface area (Å²) in [5.74, 6) is 0.944. The van der Waals surface area contributed by atoms with E-state index in [0.717, 1.165) is 23.3 Å². The normalized spacial score (nSPS) is 13.5. The van der Waals surface area contributed by atoms with Gasteiger partial charge in [0.05, 0.1) is 17.1 Å². The summed E-state index contributed by atoms with van der Waals surface area (Å²) in [5.41, 5.74) is 8.14. The van der Waals surface area contributed by atoms with Gasteiger partial charge in [-0.3, -0.25) is 0 Å². The van der Waals surface area contributed by atoms with Crippen molar-refractivity contribution < 1.29 is 0 Å². The molecule has 0 fully saturated rings. The lowest BCUT2D eigenvalue weighted by molar-refractivity contribution is 0.535. The molecule has 1 aromatic heterocycles. The van der Waals surface area contributed by atoms with Crippen LogP contribution in [0.2, 0.25) is 5.02 Å². The summed E-state index contributed by atoms with van der Waals surface area (Å²) in [4.78, 5) is 4.62. The van der Waals surface area contributed by atoms with Crippen LogP contribution < -0.4 is 5.73 Å². The van der Waals surface area contributed by atoms with Crippen molar-refractivity contribution in [2.75, 3.05) is 0 Å². The fourth-order valence-corrected chi connectivity index (χ4v) is 2.24. The first-order chi connectivity index (χ1) is 8.04. The van der Waals surface area contributed by atoms with Crippen LogP contribution in [0.25, 0.3) is 11.0 Å². The first-order valence-corrected chi connectivity index (χ1v) is 6.35. The predicted octanol–water partition coefficient (Wildman–Crippen LogP) is 3.68. The summed E-state index contributed by atoms with van der Waals surface area (Å²) in [6, 6.07) is 6.11. The molecule has 0 bridgehead atoms. The zero-order valence-electron chi connectivity index (χ0n) is 10.4. The average Bonchev–Trinajstić information content (AvgIpc) is 2.66. The van der Waals surface area contributed by atoms with E-state index in [9.17, 15) is 0 Å². The number of imidazole rings is 1. The first kappa shape index (κ1) is 12.4. The largest absolute Gasteiger partial charge is 0.324 e. The summed E-state index contributed by atoms with van der Waals surface area (Å²) >= 11 is 5.99. The minimum absolute atomic E-state index is 0.0245. The van der Waals surface area contributed by atoms with Crippen LogP contribution in [0.3, 0.4) is 0 Å². The molecule has 0 saturated carbocycles. The molecule has 1 aromatic carbocycles. The van der Waals surface area contributed by atoms with Crippen LogP contribution in [-0.2, 0) is 0 Å². The molecule has 2 rings (SSSR count). The van der Waals surface area contributed by atoms with Crippen molar-refractivity contribution in [1.29, 1.82) is 0 Å². The van der Waals surface area contributed by atoms with E-state index in [1.54, 1.807) is 0 Å². The van der Waals surface area contributed by atoms with E-state index in [1.807, 2.05) is 18.2 Å². The number of nitrogens with two attached hydrogens (primary N) is 1. The van der Waals surface area contributed by atoms with E-state index >= 15 is 0 Å². The number of benzene rings is 1. The van der Waals surface area contributed by atoms with Gasteiger partial charge in [-0.1, -0.05) is 18.5 Å². The molecule has 0 radical (unpaired) electrons. The molecule has 2 aromatic rings. The molecule has 1 unspecified atom stereocenters. The van der Waals surface area contributed by atoms with Gasteiger partial charge in [0, 0.05) is 11.1 Å². The van der Waals surface area contributed by atoms with E-state index in [1.165, 1.54) is 0 Å². The Labute approximate surface area is 107 Å². The summed E-state index contributed by atoms with van der Waals surface area (Å²) in [6.07, 6.45) is 0.879. The number of fused-ring (bicyclic) bond motifs is 1. The lowest BCUT2D eigenvalue weighted by atomic mass is 10.2.